The number of pyridine rings is 1. The predicted molar refractivity (Wildman–Crippen MR) is 119 cm³/mol. The number of aromatic nitrogens is 2. The van der Waals surface area contributed by atoms with E-state index in [0.29, 0.717) is 22.4 Å². The molecule has 6 nitrogen and oxygen atoms in total. The van der Waals surface area contributed by atoms with Crippen LogP contribution >= 0.6 is 0 Å². The number of nitrogens with zero attached hydrogens (tertiary/aromatic N) is 2. The maximum atomic E-state index is 14.0. The fourth-order valence-electron chi connectivity index (χ4n) is 3.78. The molecule has 2 aromatic carbocycles. The largest absolute Gasteiger partial charge is 0.378 e. The van der Waals surface area contributed by atoms with Crippen molar-refractivity contribution in [1.82, 2.24) is 9.97 Å². The Morgan fingerprint density at radius 3 is 2.55 bits per heavy atom. The third kappa shape index (κ3) is 3.87. The number of H-pyrrole nitrogens is 1. The van der Waals surface area contributed by atoms with E-state index in [1.165, 1.54) is 12.1 Å². The van der Waals surface area contributed by atoms with Crippen LogP contribution in [0.15, 0.2) is 66.9 Å². The van der Waals surface area contributed by atoms with Crippen LogP contribution in [0.25, 0.3) is 11.0 Å². The molecule has 3 heterocycles. The Kier molecular flexibility index (Phi) is 5.09. The number of hydrogen-bond donors (Lipinski definition) is 2. The fraction of sp³-hybridized carbons (Fsp3) is 0.167. The van der Waals surface area contributed by atoms with Crippen molar-refractivity contribution in [3.63, 3.8) is 0 Å². The van der Waals surface area contributed by atoms with Crippen LogP contribution < -0.4 is 10.2 Å². The molecular weight excluding hydrogens is 395 g/mol. The van der Waals surface area contributed by atoms with Gasteiger partial charge < -0.3 is 19.9 Å². The zero-order chi connectivity index (χ0) is 21.2. The smallest absolute Gasteiger partial charge is 0.198 e. The number of benzene rings is 2. The van der Waals surface area contributed by atoms with E-state index in [-0.39, 0.29) is 11.3 Å². The maximum absolute atomic E-state index is 14.0. The summed E-state index contributed by atoms with van der Waals surface area (Å²) >= 11 is 0. The molecule has 0 amide bonds. The van der Waals surface area contributed by atoms with Gasteiger partial charge in [0.15, 0.2) is 5.78 Å². The lowest BCUT2D eigenvalue weighted by atomic mass is 10.0. The van der Waals surface area contributed by atoms with Gasteiger partial charge in [-0.2, -0.15) is 0 Å². The second-order valence-electron chi connectivity index (χ2n) is 7.38. The van der Waals surface area contributed by atoms with Crippen LogP contribution in [0.5, 0.6) is 0 Å². The molecule has 0 saturated carbocycles. The molecule has 4 aromatic rings. The zero-order valence-corrected chi connectivity index (χ0v) is 16.8. The number of halogens is 1. The van der Waals surface area contributed by atoms with E-state index in [1.807, 2.05) is 24.3 Å². The second kappa shape index (κ2) is 8.20. The minimum absolute atomic E-state index is 0.0472. The highest BCUT2D eigenvalue weighted by Crippen LogP contribution is 2.25. The molecule has 0 radical (unpaired) electrons. The summed E-state index contributed by atoms with van der Waals surface area (Å²) in [5.41, 5.74) is 3.09. The normalized spacial score (nSPS) is 14.0. The molecule has 0 atom stereocenters. The monoisotopic (exact) mass is 416 g/mol. The van der Waals surface area contributed by atoms with Crippen molar-refractivity contribution >= 4 is 34.0 Å². The van der Waals surface area contributed by atoms with E-state index >= 15 is 0 Å². The van der Waals surface area contributed by atoms with Gasteiger partial charge in [0, 0.05) is 41.6 Å². The number of aromatic amines is 1. The van der Waals surface area contributed by atoms with Gasteiger partial charge in [0.1, 0.15) is 17.3 Å². The summed E-state index contributed by atoms with van der Waals surface area (Å²) in [6, 6.07) is 17.8. The van der Waals surface area contributed by atoms with Gasteiger partial charge in [-0.3, -0.25) is 4.79 Å². The fourth-order valence-corrected chi connectivity index (χ4v) is 3.78. The van der Waals surface area contributed by atoms with E-state index in [1.54, 1.807) is 18.3 Å². The van der Waals surface area contributed by atoms with Gasteiger partial charge in [0.2, 0.25) is 0 Å². The maximum Gasteiger partial charge on any atom is 0.198 e. The third-order valence-electron chi connectivity index (χ3n) is 5.42. The molecule has 7 heteroatoms. The lowest BCUT2D eigenvalue weighted by Gasteiger charge is -2.28. The van der Waals surface area contributed by atoms with E-state index in [4.69, 9.17) is 4.74 Å². The highest BCUT2D eigenvalue weighted by Gasteiger charge is 2.18. The molecule has 31 heavy (non-hydrogen) atoms. The highest BCUT2D eigenvalue weighted by atomic mass is 19.1. The molecular formula is C24H21FN4O2. The molecule has 1 saturated heterocycles. The zero-order valence-electron chi connectivity index (χ0n) is 16.8. The summed E-state index contributed by atoms with van der Waals surface area (Å²) in [5.74, 6) is -0.252. The number of hydrogen-bond acceptors (Lipinski definition) is 5. The average molecular weight is 416 g/mol. The molecule has 1 aliphatic rings. The summed E-state index contributed by atoms with van der Waals surface area (Å²) in [6.45, 7) is 3.29. The van der Waals surface area contributed by atoms with Crippen LogP contribution in [0.1, 0.15) is 15.9 Å². The molecule has 1 fully saturated rings. The van der Waals surface area contributed by atoms with Crippen molar-refractivity contribution in [2.75, 3.05) is 36.5 Å². The molecule has 2 aromatic heterocycles. The van der Waals surface area contributed by atoms with E-state index in [9.17, 15) is 9.18 Å². The molecule has 156 valence electrons. The van der Waals surface area contributed by atoms with Gasteiger partial charge in [-0.25, -0.2) is 9.37 Å². The Morgan fingerprint density at radius 1 is 1.00 bits per heavy atom. The standard InChI is InChI=1S/C24H21FN4O2/c25-21-4-2-1-3-19(21)23(30)20-15-26-24-18(20)9-10-22(28-24)27-16-5-7-17(8-6-16)29-11-13-31-14-12-29/h1-10,15H,11-14H2,(H2,26,27,28). The number of morpholine rings is 1. The Labute approximate surface area is 178 Å². The quantitative estimate of drug-likeness (QED) is 0.469. The van der Waals surface area contributed by atoms with E-state index in [2.05, 4.69) is 32.3 Å². The lowest BCUT2D eigenvalue weighted by molar-refractivity contribution is 0.103. The number of ketones is 1. The average Bonchev–Trinajstić information content (AvgIpc) is 3.23. The number of rotatable bonds is 5. The number of fused-ring (bicyclic) bond motifs is 1. The second-order valence-corrected chi connectivity index (χ2v) is 7.38. The number of nitrogens with one attached hydrogen (secondary N) is 2. The minimum Gasteiger partial charge on any atom is -0.378 e. The summed E-state index contributed by atoms with van der Waals surface area (Å²) in [4.78, 5) is 22.6. The van der Waals surface area contributed by atoms with Gasteiger partial charge >= 0.3 is 0 Å². The van der Waals surface area contributed by atoms with Crippen molar-refractivity contribution < 1.29 is 13.9 Å². The number of anilines is 3. The minimum atomic E-state index is -0.534. The summed E-state index contributed by atoms with van der Waals surface area (Å²) in [7, 11) is 0. The summed E-state index contributed by atoms with van der Waals surface area (Å²) in [6.07, 6.45) is 1.58. The summed E-state index contributed by atoms with van der Waals surface area (Å²) < 4.78 is 19.4. The van der Waals surface area contributed by atoms with Crippen molar-refractivity contribution in [3.8, 4) is 0 Å². The van der Waals surface area contributed by atoms with Crippen LogP contribution in [0, 0.1) is 5.82 Å². The topological polar surface area (TPSA) is 70.2 Å². The predicted octanol–water partition coefficient (Wildman–Crippen LogP) is 4.51. The molecule has 1 aliphatic heterocycles. The van der Waals surface area contributed by atoms with Crippen LogP contribution in [-0.2, 0) is 4.74 Å². The Bertz CT molecular complexity index is 1230. The highest BCUT2D eigenvalue weighted by molar-refractivity contribution is 6.16. The molecule has 0 bridgehead atoms. The van der Waals surface area contributed by atoms with E-state index < -0.39 is 5.82 Å². The van der Waals surface area contributed by atoms with Crippen LogP contribution in [0.2, 0.25) is 0 Å². The van der Waals surface area contributed by atoms with Crippen molar-refractivity contribution in [3.05, 3.63) is 83.8 Å². The number of carbonyl (C=O) groups is 1. The first-order valence-electron chi connectivity index (χ1n) is 10.2. The molecule has 0 spiro atoms. The van der Waals surface area contributed by atoms with Crippen molar-refractivity contribution in [1.29, 1.82) is 0 Å². The Balaban J connectivity index is 1.35. The van der Waals surface area contributed by atoms with Crippen LogP contribution in [0.4, 0.5) is 21.6 Å². The van der Waals surface area contributed by atoms with Crippen molar-refractivity contribution in [2.24, 2.45) is 0 Å². The molecule has 0 aliphatic carbocycles. The lowest BCUT2D eigenvalue weighted by Crippen LogP contribution is -2.36. The van der Waals surface area contributed by atoms with Gasteiger partial charge in [-0.05, 0) is 48.5 Å². The van der Waals surface area contributed by atoms with E-state index in [0.717, 1.165) is 37.7 Å². The third-order valence-corrected chi connectivity index (χ3v) is 5.42. The number of carbonyl (C=O) groups excluding carboxylic acids is 1. The van der Waals surface area contributed by atoms with Gasteiger partial charge in [-0.1, -0.05) is 12.1 Å². The van der Waals surface area contributed by atoms with Gasteiger partial charge in [-0.15, -0.1) is 0 Å². The molecule has 5 rings (SSSR count). The Morgan fingerprint density at radius 2 is 1.77 bits per heavy atom. The molecule has 0 unspecified atom stereocenters. The van der Waals surface area contributed by atoms with Crippen LogP contribution in [0.3, 0.4) is 0 Å². The Hall–Kier alpha value is -3.71. The SMILES string of the molecule is O=C(c1ccccc1F)c1c[nH]c2nc(Nc3ccc(N4CCOCC4)cc3)ccc12. The van der Waals surface area contributed by atoms with Gasteiger partial charge in [0.05, 0.1) is 18.8 Å². The summed E-state index contributed by atoms with van der Waals surface area (Å²) in [5, 5.41) is 3.94. The molecule has 2 N–H and O–H groups in total. The first-order valence-corrected chi connectivity index (χ1v) is 10.2. The number of ether oxygens (including phenoxy) is 1. The first kappa shape index (κ1) is 19.3. The van der Waals surface area contributed by atoms with Crippen molar-refractivity contribution in [2.45, 2.75) is 0 Å². The van der Waals surface area contributed by atoms with Crippen LogP contribution in [-0.4, -0.2) is 42.1 Å². The van der Waals surface area contributed by atoms with Gasteiger partial charge in [0.25, 0.3) is 0 Å². The first-order chi connectivity index (χ1) is 15.2.